The highest BCUT2D eigenvalue weighted by Gasteiger charge is 2.28. The van der Waals surface area contributed by atoms with Gasteiger partial charge in [0.15, 0.2) is 0 Å². The topological polar surface area (TPSA) is 53.4 Å². The molecule has 1 atom stereocenters. The van der Waals surface area contributed by atoms with Gasteiger partial charge in [0.1, 0.15) is 4.88 Å². The first-order valence-corrected chi connectivity index (χ1v) is 6.77. The smallest absolute Gasteiger partial charge is 0.265 e. The number of carbonyl (C=O) groups excluding carboxylic acids is 1. The molecule has 17 heavy (non-hydrogen) atoms. The molecule has 1 amide bonds. The van der Waals surface area contributed by atoms with E-state index in [1.165, 1.54) is 11.3 Å². The van der Waals surface area contributed by atoms with E-state index in [1.54, 1.807) is 0 Å². The number of carbonyl (C=O) groups is 1. The van der Waals surface area contributed by atoms with Gasteiger partial charge >= 0.3 is 0 Å². The summed E-state index contributed by atoms with van der Waals surface area (Å²) in [6.07, 6.45) is 1.80. The van der Waals surface area contributed by atoms with Gasteiger partial charge in [0.25, 0.3) is 5.91 Å². The Balaban J connectivity index is 2.04. The van der Waals surface area contributed by atoms with Crippen LogP contribution in [-0.2, 0) is 0 Å². The minimum atomic E-state index is 0.105. The monoisotopic (exact) mass is 254 g/mol. The number of hydrogen-bond acceptors (Lipinski definition) is 4. The number of aromatic nitrogens is 1. The predicted octanol–water partition coefficient (Wildman–Crippen LogP) is 1.60. The molecule has 1 aromatic rings. The summed E-state index contributed by atoms with van der Waals surface area (Å²) in [6.45, 7) is 5.60. The van der Waals surface area contributed by atoms with Gasteiger partial charge in [0, 0.05) is 19.7 Å². The van der Waals surface area contributed by atoms with Crippen molar-refractivity contribution in [3.05, 3.63) is 15.6 Å². The van der Waals surface area contributed by atoms with Crippen molar-refractivity contribution in [1.29, 1.82) is 0 Å². The molecule has 1 aromatic heterocycles. The third kappa shape index (κ3) is 2.66. The van der Waals surface area contributed by atoms with Crippen LogP contribution < -0.4 is 0 Å². The van der Waals surface area contributed by atoms with Gasteiger partial charge < -0.3 is 10.0 Å². The van der Waals surface area contributed by atoms with Gasteiger partial charge in [0.05, 0.1) is 10.7 Å². The van der Waals surface area contributed by atoms with Gasteiger partial charge in [-0.1, -0.05) is 0 Å². The summed E-state index contributed by atoms with van der Waals surface area (Å²) in [5, 5.41) is 9.85. The highest BCUT2D eigenvalue weighted by atomic mass is 32.1. The molecule has 1 aliphatic rings. The van der Waals surface area contributed by atoms with E-state index >= 15 is 0 Å². The molecule has 2 rings (SSSR count). The second-order valence-corrected chi connectivity index (χ2v) is 5.77. The van der Waals surface area contributed by atoms with Crippen LogP contribution in [0.4, 0.5) is 0 Å². The number of amides is 1. The number of hydrogen-bond donors (Lipinski definition) is 1. The van der Waals surface area contributed by atoms with Crippen molar-refractivity contribution in [2.75, 3.05) is 19.7 Å². The Kier molecular flexibility index (Phi) is 3.79. The van der Waals surface area contributed by atoms with Crippen LogP contribution in [0.15, 0.2) is 0 Å². The quantitative estimate of drug-likeness (QED) is 0.891. The van der Waals surface area contributed by atoms with Crippen molar-refractivity contribution < 1.29 is 9.90 Å². The third-order valence-corrected chi connectivity index (χ3v) is 4.27. The van der Waals surface area contributed by atoms with Crippen molar-refractivity contribution in [3.63, 3.8) is 0 Å². The molecule has 5 heteroatoms. The van der Waals surface area contributed by atoms with E-state index in [0.29, 0.717) is 5.92 Å². The maximum absolute atomic E-state index is 12.3. The number of aryl methyl sites for hydroxylation is 2. The molecule has 0 aromatic carbocycles. The second-order valence-electron chi connectivity index (χ2n) is 4.57. The number of rotatable bonds is 3. The maximum atomic E-state index is 12.3. The number of likely N-dealkylation sites (tertiary alicyclic amines) is 1. The van der Waals surface area contributed by atoms with Crippen LogP contribution in [0, 0.1) is 19.8 Å². The zero-order valence-corrected chi connectivity index (χ0v) is 11.1. The minimum absolute atomic E-state index is 0.105. The summed E-state index contributed by atoms with van der Waals surface area (Å²) >= 11 is 1.47. The Morgan fingerprint density at radius 2 is 2.35 bits per heavy atom. The molecule has 0 aliphatic carbocycles. The van der Waals surface area contributed by atoms with Crippen LogP contribution in [0.1, 0.15) is 33.2 Å². The van der Waals surface area contributed by atoms with E-state index in [9.17, 15) is 4.79 Å². The summed E-state index contributed by atoms with van der Waals surface area (Å²) in [7, 11) is 0. The van der Waals surface area contributed by atoms with Crippen molar-refractivity contribution in [1.82, 2.24) is 9.88 Å². The van der Waals surface area contributed by atoms with Crippen LogP contribution in [0.2, 0.25) is 0 Å². The lowest BCUT2D eigenvalue weighted by atomic mass is 10.1. The molecule has 0 bridgehead atoms. The highest BCUT2D eigenvalue weighted by molar-refractivity contribution is 7.13. The van der Waals surface area contributed by atoms with Crippen molar-refractivity contribution >= 4 is 17.2 Å². The van der Waals surface area contributed by atoms with E-state index in [0.717, 1.165) is 41.5 Å². The molecular weight excluding hydrogens is 236 g/mol. The maximum Gasteiger partial charge on any atom is 0.265 e. The van der Waals surface area contributed by atoms with E-state index in [1.807, 2.05) is 18.7 Å². The average molecular weight is 254 g/mol. The molecule has 4 nitrogen and oxygen atoms in total. The fourth-order valence-electron chi connectivity index (χ4n) is 2.31. The lowest BCUT2D eigenvalue weighted by Crippen LogP contribution is -2.28. The summed E-state index contributed by atoms with van der Waals surface area (Å²) in [6, 6.07) is 0. The molecule has 1 aliphatic heterocycles. The van der Waals surface area contributed by atoms with Gasteiger partial charge in [-0.2, -0.15) is 0 Å². The van der Waals surface area contributed by atoms with Crippen molar-refractivity contribution in [3.8, 4) is 0 Å². The Bertz CT molecular complexity index is 417. The molecule has 2 heterocycles. The Morgan fingerprint density at radius 3 is 2.94 bits per heavy atom. The van der Waals surface area contributed by atoms with Crippen LogP contribution in [0.3, 0.4) is 0 Å². The summed E-state index contributed by atoms with van der Waals surface area (Å²) in [4.78, 5) is 19.2. The van der Waals surface area contributed by atoms with E-state index < -0.39 is 0 Å². The Hall–Kier alpha value is -0.940. The average Bonchev–Trinajstić information content (AvgIpc) is 2.85. The van der Waals surface area contributed by atoms with Crippen molar-refractivity contribution in [2.45, 2.75) is 26.7 Å². The van der Waals surface area contributed by atoms with E-state index in [-0.39, 0.29) is 12.5 Å². The van der Waals surface area contributed by atoms with E-state index in [4.69, 9.17) is 5.11 Å². The third-order valence-electron chi connectivity index (χ3n) is 3.21. The zero-order valence-electron chi connectivity index (χ0n) is 10.3. The molecule has 0 saturated carbocycles. The fraction of sp³-hybridized carbons (Fsp3) is 0.667. The number of aliphatic hydroxyl groups excluding tert-OH is 1. The highest BCUT2D eigenvalue weighted by Crippen LogP contribution is 2.24. The normalized spacial score (nSPS) is 19.9. The SMILES string of the molecule is Cc1nc(C)c(C(=O)N2CCC(CCO)C2)s1. The molecule has 1 N–H and O–H groups in total. The number of aliphatic hydroxyl groups is 1. The fourth-order valence-corrected chi connectivity index (χ4v) is 3.20. The minimum Gasteiger partial charge on any atom is -0.396 e. The molecule has 0 radical (unpaired) electrons. The van der Waals surface area contributed by atoms with Crippen LogP contribution >= 0.6 is 11.3 Å². The van der Waals surface area contributed by atoms with Crippen LogP contribution in [0.25, 0.3) is 0 Å². The first kappa shape index (κ1) is 12.5. The van der Waals surface area contributed by atoms with Gasteiger partial charge in [-0.25, -0.2) is 4.98 Å². The summed E-state index contributed by atoms with van der Waals surface area (Å²) < 4.78 is 0. The summed E-state index contributed by atoms with van der Waals surface area (Å²) in [5.74, 6) is 0.562. The zero-order chi connectivity index (χ0) is 12.4. The van der Waals surface area contributed by atoms with E-state index in [2.05, 4.69) is 4.98 Å². The first-order chi connectivity index (χ1) is 8.11. The van der Waals surface area contributed by atoms with Crippen molar-refractivity contribution in [2.24, 2.45) is 5.92 Å². The molecule has 94 valence electrons. The standard InChI is InChI=1S/C12H18N2O2S/c1-8-11(17-9(2)13-8)12(16)14-5-3-10(7-14)4-6-15/h10,15H,3-7H2,1-2H3. The van der Waals surface area contributed by atoms with Crippen LogP contribution in [-0.4, -0.2) is 40.6 Å². The molecular formula is C12H18N2O2S. The Morgan fingerprint density at radius 1 is 1.59 bits per heavy atom. The first-order valence-electron chi connectivity index (χ1n) is 5.96. The van der Waals surface area contributed by atoms with Gasteiger partial charge in [-0.05, 0) is 32.6 Å². The molecule has 0 spiro atoms. The lowest BCUT2D eigenvalue weighted by molar-refractivity contribution is 0.0788. The van der Waals surface area contributed by atoms with Gasteiger partial charge in [0.2, 0.25) is 0 Å². The number of thiazole rings is 1. The lowest BCUT2D eigenvalue weighted by Gasteiger charge is -2.15. The van der Waals surface area contributed by atoms with Gasteiger partial charge in [-0.3, -0.25) is 4.79 Å². The molecule has 1 unspecified atom stereocenters. The second kappa shape index (κ2) is 5.14. The molecule has 1 saturated heterocycles. The predicted molar refractivity (Wildman–Crippen MR) is 67.3 cm³/mol. The molecule has 1 fully saturated rings. The summed E-state index contributed by atoms with van der Waals surface area (Å²) in [5.41, 5.74) is 0.836. The van der Waals surface area contributed by atoms with Gasteiger partial charge in [-0.15, -0.1) is 11.3 Å². The largest absolute Gasteiger partial charge is 0.396 e. The number of nitrogens with zero attached hydrogens (tertiary/aromatic N) is 2. The van der Waals surface area contributed by atoms with Crippen LogP contribution in [0.5, 0.6) is 0 Å². The Labute approximate surface area is 105 Å².